The van der Waals surface area contributed by atoms with Gasteiger partial charge in [-0.2, -0.15) is 0 Å². The molecule has 7 heteroatoms. The molecule has 0 radical (unpaired) electrons. The number of carboxylic acid groups (broad SMARTS) is 1. The van der Waals surface area contributed by atoms with Gasteiger partial charge in [0.1, 0.15) is 0 Å². The summed E-state index contributed by atoms with van der Waals surface area (Å²) in [4.78, 5) is 10.2. The molecule has 7 nitrogen and oxygen atoms in total. The van der Waals surface area contributed by atoms with E-state index < -0.39 is 12.1 Å². The lowest BCUT2D eigenvalue weighted by Crippen LogP contribution is -2.31. The first-order chi connectivity index (χ1) is 10.3. The topological polar surface area (TPSA) is 94.5 Å². The van der Waals surface area contributed by atoms with Crippen LogP contribution in [0.4, 0.5) is 0 Å². The number of ether oxygens (including phenoxy) is 4. The molecule has 1 atom stereocenters. The third kappa shape index (κ3) is 14.2. The van der Waals surface area contributed by atoms with Crippen molar-refractivity contribution in [2.24, 2.45) is 5.41 Å². The Morgan fingerprint density at radius 1 is 0.864 bits per heavy atom. The zero-order valence-corrected chi connectivity index (χ0v) is 13.9. The van der Waals surface area contributed by atoms with Crippen LogP contribution >= 0.6 is 0 Å². The van der Waals surface area contributed by atoms with E-state index in [0.717, 1.165) is 0 Å². The molecule has 2 N–H and O–H groups in total. The van der Waals surface area contributed by atoms with Crippen LogP contribution in [-0.2, 0) is 23.7 Å². The first kappa shape index (κ1) is 21.3. The molecule has 0 aromatic carbocycles. The molecule has 0 aliphatic carbocycles. The molecule has 0 aliphatic rings. The van der Waals surface area contributed by atoms with E-state index in [-0.39, 0.29) is 18.4 Å². The maximum absolute atomic E-state index is 10.2. The Kier molecular flexibility index (Phi) is 12.4. The first-order valence-electron chi connectivity index (χ1n) is 7.55. The summed E-state index contributed by atoms with van der Waals surface area (Å²) >= 11 is 0. The largest absolute Gasteiger partial charge is 0.481 e. The molecular formula is C15H30O7. The van der Waals surface area contributed by atoms with Gasteiger partial charge >= 0.3 is 5.97 Å². The van der Waals surface area contributed by atoms with Gasteiger partial charge in [-0.1, -0.05) is 20.8 Å². The van der Waals surface area contributed by atoms with Gasteiger partial charge in [0.05, 0.1) is 65.4 Å². The standard InChI is InChI=1S/C15H30O7/c1-15(2,3)13(16)12-22-11-10-21-9-8-20-7-6-19-5-4-14(17)18/h13,16H,4-12H2,1-3H3,(H,17,18). The van der Waals surface area contributed by atoms with Crippen LogP contribution in [0.25, 0.3) is 0 Å². The molecule has 1 unspecified atom stereocenters. The molecule has 0 saturated heterocycles. The molecular weight excluding hydrogens is 292 g/mol. The highest BCUT2D eigenvalue weighted by Crippen LogP contribution is 2.18. The predicted molar refractivity (Wildman–Crippen MR) is 81.0 cm³/mol. The minimum absolute atomic E-state index is 0.00697. The second-order valence-electron chi connectivity index (χ2n) is 5.94. The van der Waals surface area contributed by atoms with Crippen LogP contribution in [0, 0.1) is 5.41 Å². The van der Waals surface area contributed by atoms with Gasteiger partial charge < -0.3 is 29.2 Å². The van der Waals surface area contributed by atoms with Gasteiger partial charge in [-0.15, -0.1) is 0 Å². The Morgan fingerprint density at radius 2 is 1.27 bits per heavy atom. The lowest BCUT2D eigenvalue weighted by Gasteiger charge is -2.25. The van der Waals surface area contributed by atoms with Crippen LogP contribution in [0.3, 0.4) is 0 Å². The molecule has 0 amide bonds. The van der Waals surface area contributed by atoms with Crippen LogP contribution < -0.4 is 0 Å². The van der Waals surface area contributed by atoms with Gasteiger partial charge in [-0.3, -0.25) is 4.79 Å². The molecule has 132 valence electrons. The summed E-state index contributed by atoms with van der Waals surface area (Å²) in [5.74, 6) is -0.869. The van der Waals surface area contributed by atoms with E-state index in [1.807, 2.05) is 20.8 Å². The van der Waals surface area contributed by atoms with Crippen LogP contribution in [0.1, 0.15) is 27.2 Å². The summed E-state index contributed by atoms with van der Waals surface area (Å²) in [5, 5.41) is 18.1. The number of aliphatic hydroxyl groups is 1. The van der Waals surface area contributed by atoms with Crippen LogP contribution in [0.2, 0.25) is 0 Å². The summed E-state index contributed by atoms with van der Waals surface area (Å²) in [6.45, 7) is 8.97. The van der Waals surface area contributed by atoms with Gasteiger partial charge in [0.2, 0.25) is 0 Å². The monoisotopic (exact) mass is 322 g/mol. The molecule has 0 aliphatic heterocycles. The van der Waals surface area contributed by atoms with Gasteiger partial charge in [0, 0.05) is 0 Å². The van der Waals surface area contributed by atoms with Gasteiger partial charge in [0.15, 0.2) is 0 Å². The van der Waals surface area contributed by atoms with E-state index >= 15 is 0 Å². The summed E-state index contributed by atoms with van der Waals surface area (Å²) < 4.78 is 21.0. The first-order valence-corrected chi connectivity index (χ1v) is 7.55. The molecule has 0 aromatic heterocycles. The van der Waals surface area contributed by atoms with Crippen molar-refractivity contribution in [3.8, 4) is 0 Å². The lowest BCUT2D eigenvalue weighted by atomic mass is 9.90. The Morgan fingerprint density at radius 3 is 1.68 bits per heavy atom. The molecule has 0 rings (SSSR count). The average Bonchev–Trinajstić information content (AvgIpc) is 2.42. The summed E-state index contributed by atoms with van der Waals surface area (Å²) in [7, 11) is 0. The van der Waals surface area contributed by atoms with E-state index in [4.69, 9.17) is 24.1 Å². The zero-order chi connectivity index (χ0) is 16.8. The normalized spacial score (nSPS) is 13.3. The molecule has 0 heterocycles. The highest BCUT2D eigenvalue weighted by Gasteiger charge is 2.21. The van der Waals surface area contributed by atoms with E-state index in [1.54, 1.807) is 0 Å². The van der Waals surface area contributed by atoms with Crippen molar-refractivity contribution >= 4 is 5.97 Å². The number of aliphatic carboxylic acids is 1. The fourth-order valence-corrected chi connectivity index (χ4v) is 1.26. The maximum Gasteiger partial charge on any atom is 0.305 e. The molecule has 22 heavy (non-hydrogen) atoms. The van der Waals surface area contributed by atoms with Crippen molar-refractivity contribution < 1.29 is 34.0 Å². The van der Waals surface area contributed by atoms with Crippen molar-refractivity contribution in [2.75, 3.05) is 52.9 Å². The van der Waals surface area contributed by atoms with Crippen molar-refractivity contribution in [2.45, 2.75) is 33.3 Å². The van der Waals surface area contributed by atoms with Crippen LogP contribution in [-0.4, -0.2) is 75.1 Å². The van der Waals surface area contributed by atoms with E-state index in [2.05, 4.69) is 0 Å². The third-order valence-corrected chi connectivity index (χ3v) is 2.85. The van der Waals surface area contributed by atoms with Gasteiger partial charge in [-0.25, -0.2) is 0 Å². The molecule has 0 spiro atoms. The quantitative estimate of drug-likeness (QED) is 0.459. The average molecular weight is 322 g/mol. The third-order valence-electron chi connectivity index (χ3n) is 2.85. The number of carboxylic acids is 1. The maximum atomic E-state index is 10.2. The molecule has 0 fully saturated rings. The summed E-state index contributed by atoms with van der Waals surface area (Å²) in [6, 6.07) is 0. The Labute approximate surface area is 132 Å². The highest BCUT2D eigenvalue weighted by molar-refractivity contribution is 5.66. The SMILES string of the molecule is CC(C)(C)C(O)COCCOCCOCCOCCC(=O)O. The molecule has 0 aromatic rings. The number of hydrogen-bond donors (Lipinski definition) is 2. The molecule has 0 saturated carbocycles. The number of rotatable bonds is 14. The minimum Gasteiger partial charge on any atom is -0.481 e. The summed E-state index contributed by atoms with van der Waals surface area (Å²) in [6.07, 6.45) is -0.482. The Balaban J connectivity index is 3.16. The van der Waals surface area contributed by atoms with Gasteiger partial charge in [-0.05, 0) is 5.41 Å². The lowest BCUT2D eigenvalue weighted by molar-refractivity contribution is -0.138. The van der Waals surface area contributed by atoms with E-state index in [0.29, 0.717) is 46.2 Å². The van der Waals surface area contributed by atoms with Gasteiger partial charge in [0.25, 0.3) is 0 Å². The fourth-order valence-electron chi connectivity index (χ4n) is 1.26. The zero-order valence-electron chi connectivity index (χ0n) is 13.9. The number of aliphatic hydroxyl groups excluding tert-OH is 1. The van der Waals surface area contributed by atoms with E-state index in [9.17, 15) is 9.90 Å². The second-order valence-corrected chi connectivity index (χ2v) is 5.94. The van der Waals surface area contributed by atoms with Crippen LogP contribution in [0.5, 0.6) is 0 Å². The smallest absolute Gasteiger partial charge is 0.305 e. The van der Waals surface area contributed by atoms with E-state index in [1.165, 1.54) is 0 Å². The van der Waals surface area contributed by atoms with Crippen LogP contribution in [0.15, 0.2) is 0 Å². The predicted octanol–water partition coefficient (Wildman–Crippen LogP) is 0.935. The number of hydrogen-bond acceptors (Lipinski definition) is 6. The Hall–Kier alpha value is -0.730. The number of carbonyl (C=O) groups is 1. The Bertz CT molecular complexity index is 276. The van der Waals surface area contributed by atoms with Crippen molar-refractivity contribution in [1.82, 2.24) is 0 Å². The second kappa shape index (κ2) is 12.8. The van der Waals surface area contributed by atoms with Crippen molar-refractivity contribution in [3.05, 3.63) is 0 Å². The highest BCUT2D eigenvalue weighted by atomic mass is 16.6. The summed E-state index contributed by atoms with van der Waals surface area (Å²) in [5.41, 5.74) is -0.179. The molecule has 0 bridgehead atoms. The minimum atomic E-state index is -0.869. The van der Waals surface area contributed by atoms with Crippen molar-refractivity contribution in [1.29, 1.82) is 0 Å². The van der Waals surface area contributed by atoms with Crippen molar-refractivity contribution in [3.63, 3.8) is 0 Å². The fraction of sp³-hybridized carbons (Fsp3) is 0.933.